The smallest absolute Gasteiger partial charge is 0.226 e. The van der Waals surface area contributed by atoms with E-state index in [2.05, 4.69) is 22.5 Å². The van der Waals surface area contributed by atoms with Gasteiger partial charge in [0.15, 0.2) is 5.11 Å². The Morgan fingerprint density at radius 1 is 1.08 bits per heavy atom. The fourth-order valence-electron chi connectivity index (χ4n) is 4.85. The number of hydrogen-bond acceptors (Lipinski definition) is 3. The Kier molecular flexibility index (Phi) is 7.28. The largest absolute Gasteiger partial charge is 0.352 e. The number of benzene rings is 2. The topological polar surface area (TPSA) is 62.2 Å². The highest BCUT2D eigenvalue weighted by Crippen LogP contribution is 2.39. The van der Waals surface area contributed by atoms with Crippen LogP contribution in [0.5, 0.6) is 0 Å². The summed E-state index contributed by atoms with van der Waals surface area (Å²) >= 11 is 5.76. The molecule has 4 aromatic rings. The molecule has 0 unspecified atom stereocenters. The predicted molar refractivity (Wildman–Crippen MR) is 147 cm³/mol. The summed E-state index contributed by atoms with van der Waals surface area (Å²) in [6.45, 7) is 2.48. The molecular weight excluding hydrogens is 485 g/mol. The van der Waals surface area contributed by atoms with E-state index in [4.69, 9.17) is 12.2 Å². The number of hydrogen-bond donors (Lipinski definition) is 2. The minimum Gasteiger partial charge on any atom is -0.352 e. The van der Waals surface area contributed by atoms with Crippen molar-refractivity contribution in [3.05, 3.63) is 114 Å². The van der Waals surface area contributed by atoms with Crippen LogP contribution in [0.25, 0.3) is 5.69 Å². The van der Waals surface area contributed by atoms with Gasteiger partial charge < -0.3 is 20.1 Å². The molecule has 2 aromatic heterocycles. The second kappa shape index (κ2) is 10.9. The summed E-state index contributed by atoms with van der Waals surface area (Å²) in [7, 11) is 0. The quantitative estimate of drug-likeness (QED) is 0.302. The van der Waals surface area contributed by atoms with Gasteiger partial charge in [-0.05, 0) is 72.7 Å². The highest BCUT2D eigenvalue weighted by molar-refractivity contribution is 7.80. The number of pyridine rings is 1. The average Bonchev–Trinajstić information content (AvgIpc) is 3.52. The number of amides is 1. The number of halogens is 1. The molecule has 8 heteroatoms. The Balaban J connectivity index is 1.44. The van der Waals surface area contributed by atoms with Gasteiger partial charge in [-0.25, -0.2) is 4.39 Å². The third-order valence-corrected chi connectivity index (χ3v) is 6.97. The zero-order valence-corrected chi connectivity index (χ0v) is 21.3. The first-order valence-corrected chi connectivity index (χ1v) is 12.7. The molecule has 0 spiro atoms. The molecule has 3 heterocycles. The molecule has 0 bridgehead atoms. The van der Waals surface area contributed by atoms with Crippen molar-refractivity contribution in [2.24, 2.45) is 0 Å². The fraction of sp³-hybridized carbons (Fsp3) is 0.207. The zero-order valence-electron chi connectivity index (χ0n) is 20.5. The van der Waals surface area contributed by atoms with Crippen LogP contribution in [0.15, 0.2) is 91.3 Å². The maximum Gasteiger partial charge on any atom is 0.226 e. The summed E-state index contributed by atoms with van der Waals surface area (Å²) in [5.74, 6) is -0.386. The molecule has 37 heavy (non-hydrogen) atoms. The van der Waals surface area contributed by atoms with Gasteiger partial charge in [-0.15, -0.1) is 0 Å². The van der Waals surface area contributed by atoms with E-state index in [9.17, 15) is 9.18 Å². The van der Waals surface area contributed by atoms with Crippen LogP contribution in [0.2, 0.25) is 0 Å². The van der Waals surface area contributed by atoms with Gasteiger partial charge in [0.2, 0.25) is 5.91 Å². The van der Waals surface area contributed by atoms with E-state index in [0.717, 1.165) is 29.1 Å². The molecule has 0 saturated carbocycles. The minimum absolute atomic E-state index is 0.0794. The Morgan fingerprint density at radius 3 is 2.70 bits per heavy atom. The van der Waals surface area contributed by atoms with Gasteiger partial charge in [0.25, 0.3) is 0 Å². The molecular formula is C29H28FN5OS. The second-order valence-electron chi connectivity index (χ2n) is 8.91. The van der Waals surface area contributed by atoms with Gasteiger partial charge in [0.05, 0.1) is 17.8 Å². The van der Waals surface area contributed by atoms with Crippen LogP contribution in [0, 0.1) is 5.82 Å². The molecule has 0 aliphatic carbocycles. The van der Waals surface area contributed by atoms with Crippen molar-refractivity contribution in [1.82, 2.24) is 19.8 Å². The molecule has 1 aliphatic heterocycles. The van der Waals surface area contributed by atoms with Crippen LogP contribution in [0.3, 0.4) is 0 Å². The second-order valence-corrected chi connectivity index (χ2v) is 9.30. The number of aryl methyl sites for hydroxylation is 1. The van der Waals surface area contributed by atoms with Gasteiger partial charge >= 0.3 is 0 Å². The lowest BCUT2D eigenvalue weighted by Gasteiger charge is -2.29. The Bertz CT molecular complexity index is 1410. The number of rotatable bonds is 8. The molecule has 1 amide bonds. The van der Waals surface area contributed by atoms with Crippen LogP contribution in [-0.2, 0) is 11.2 Å². The van der Waals surface area contributed by atoms with Crippen molar-refractivity contribution in [2.75, 3.05) is 11.9 Å². The van der Waals surface area contributed by atoms with Gasteiger partial charge in [-0.1, -0.05) is 37.3 Å². The molecule has 1 saturated heterocycles. The molecule has 5 rings (SSSR count). The third kappa shape index (κ3) is 5.24. The Hall–Kier alpha value is -4.04. The van der Waals surface area contributed by atoms with Gasteiger partial charge in [0, 0.05) is 42.4 Å². The van der Waals surface area contributed by atoms with E-state index in [1.807, 2.05) is 76.3 Å². The first kappa shape index (κ1) is 24.6. The zero-order chi connectivity index (χ0) is 25.8. The van der Waals surface area contributed by atoms with E-state index in [1.54, 1.807) is 12.3 Å². The lowest BCUT2D eigenvalue weighted by atomic mass is 10.0. The van der Waals surface area contributed by atoms with Crippen LogP contribution in [-0.4, -0.2) is 32.0 Å². The minimum atomic E-state index is -0.306. The number of aromatic nitrogens is 2. The lowest BCUT2D eigenvalue weighted by Crippen LogP contribution is -2.33. The molecule has 2 N–H and O–H groups in total. The van der Waals surface area contributed by atoms with Crippen LogP contribution >= 0.6 is 12.2 Å². The van der Waals surface area contributed by atoms with Gasteiger partial charge in [-0.3, -0.25) is 9.78 Å². The number of anilines is 1. The van der Waals surface area contributed by atoms with E-state index < -0.39 is 0 Å². The molecule has 1 fully saturated rings. The van der Waals surface area contributed by atoms with Crippen molar-refractivity contribution in [3.63, 3.8) is 0 Å². The first-order chi connectivity index (χ1) is 18.0. The Morgan fingerprint density at radius 2 is 1.92 bits per heavy atom. The van der Waals surface area contributed by atoms with Crippen LogP contribution in [0.1, 0.15) is 42.4 Å². The number of thiocarbonyl (C=S) groups is 1. The molecule has 1 aliphatic rings. The van der Waals surface area contributed by atoms with Gasteiger partial charge in [0.1, 0.15) is 5.82 Å². The van der Waals surface area contributed by atoms with E-state index in [1.165, 1.54) is 12.1 Å². The lowest BCUT2D eigenvalue weighted by molar-refractivity contribution is -0.116. The summed E-state index contributed by atoms with van der Waals surface area (Å²) in [4.78, 5) is 19.6. The van der Waals surface area contributed by atoms with Crippen molar-refractivity contribution in [3.8, 4) is 5.69 Å². The molecule has 188 valence electrons. The van der Waals surface area contributed by atoms with Gasteiger partial charge in [-0.2, -0.15) is 0 Å². The summed E-state index contributed by atoms with van der Waals surface area (Å²) in [6.07, 6.45) is 4.75. The maximum absolute atomic E-state index is 14.1. The number of carbonyl (C=O) groups excluding carboxylic acids is 1. The predicted octanol–water partition coefficient (Wildman–Crippen LogP) is 5.58. The first-order valence-electron chi connectivity index (χ1n) is 12.3. The SMILES string of the molecule is CCc1ccccc1NC(=O)CCN1C(=S)N[C@@H](c2ccccn2)[C@H]1c1cccn1-c1cccc(F)c1. The van der Waals surface area contributed by atoms with Crippen molar-refractivity contribution in [2.45, 2.75) is 31.8 Å². The number of carbonyl (C=O) groups is 1. The third-order valence-electron chi connectivity index (χ3n) is 6.62. The standard InChI is InChI=1S/C29H28FN5OS/c1-2-20-9-3-4-12-23(20)32-26(36)15-18-35-28(27(33-29(35)37)24-13-5-6-16-31-24)25-14-8-17-34(25)22-11-7-10-21(30)19-22/h3-14,16-17,19,27-28H,2,15,18H2,1H3,(H,32,36)(H,33,37)/t27-,28+/m0/s1. The number of nitrogens with zero attached hydrogens (tertiary/aromatic N) is 3. The fourth-order valence-corrected chi connectivity index (χ4v) is 5.18. The normalized spacial score (nSPS) is 17.0. The number of nitrogens with one attached hydrogen (secondary N) is 2. The Labute approximate surface area is 221 Å². The molecule has 2 aromatic carbocycles. The molecule has 2 atom stereocenters. The summed E-state index contributed by atoms with van der Waals surface area (Å²) in [5, 5.41) is 7.01. The van der Waals surface area contributed by atoms with E-state index in [0.29, 0.717) is 17.3 Å². The highest BCUT2D eigenvalue weighted by Gasteiger charge is 2.41. The summed E-state index contributed by atoms with van der Waals surface area (Å²) < 4.78 is 16.0. The van der Waals surface area contributed by atoms with Crippen molar-refractivity contribution in [1.29, 1.82) is 0 Å². The van der Waals surface area contributed by atoms with Crippen LogP contribution < -0.4 is 10.6 Å². The maximum atomic E-state index is 14.1. The highest BCUT2D eigenvalue weighted by atomic mass is 32.1. The summed E-state index contributed by atoms with van der Waals surface area (Å²) in [5.41, 5.74) is 4.40. The van der Waals surface area contributed by atoms with Crippen molar-refractivity contribution >= 4 is 28.9 Å². The monoisotopic (exact) mass is 513 g/mol. The van der Waals surface area contributed by atoms with Crippen LogP contribution in [0.4, 0.5) is 10.1 Å². The molecule has 6 nitrogen and oxygen atoms in total. The number of para-hydroxylation sites is 1. The van der Waals surface area contributed by atoms with E-state index >= 15 is 0 Å². The molecule has 0 radical (unpaired) electrons. The average molecular weight is 514 g/mol. The summed E-state index contributed by atoms with van der Waals surface area (Å²) in [6, 6.07) is 23.5. The van der Waals surface area contributed by atoms with Crippen molar-refractivity contribution < 1.29 is 9.18 Å². The van der Waals surface area contributed by atoms with E-state index in [-0.39, 0.29) is 30.2 Å².